The van der Waals surface area contributed by atoms with E-state index in [0.717, 1.165) is 42.7 Å². The van der Waals surface area contributed by atoms with E-state index in [-0.39, 0.29) is 10.5 Å². The van der Waals surface area contributed by atoms with Crippen LogP contribution in [0.25, 0.3) is 0 Å². The molecule has 1 amide bonds. The highest BCUT2D eigenvalue weighted by molar-refractivity contribution is 7.89. The Hall–Kier alpha value is -2.95. The lowest BCUT2D eigenvalue weighted by atomic mass is 10.1. The molecule has 1 aliphatic rings. The molecule has 1 fully saturated rings. The van der Waals surface area contributed by atoms with Crippen LogP contribution in [0, 0.1) is 6.92 Å². The summed E-state index contributed by atoms with van der Waals surface area (Å²) in [4.78, 5) is 29.5. The number of likely N-dealkylation sites (N-methyl/N-ethyl adjacent to an activating group) is 1. The number of hydrogen-bond donors (Lipinski definition) is 1. The maximum absolute atomic E-state index is 12.5. The molecule has 0 radical (unpaired) electrons. The van der Waals surface area contributed by atoms with E-state index < -0.39 is 28.5 Å². The Morgan fingerprint density at radius 2 is 1.68 bits per heavy atom. The zero-order valence-electron chi connectivity index (χ0n) is 20.1. The van der Waals surface area contributed by atoms with Crippen LogP contribution in [0.2, 0.25) is 0 Å². The highest BCUT2D eigenvalue weighted by Crippen LogP contribution is 2.21. The van der Waals surface area contributed by atoms with Crippen molar-refractivity contribution < 1.29 is 22.7 Å². The molecule has 0 unspecified atom stereocenters. The van der Waals surface area contributed by atoms with E-state index in [1.807, 2.05) is 24.3 Å². The van der Waals surface area contributed by atoms with Crippen LogP contribution in [-0.2, 0) is 19.6 Å². The van der Waals surface area contributed by atoms with Crippen LogP contribution in [0.15, 0.2) is 47.4 Å². The first-order valence-electron chi connectivity index (χ1n) is 11.2. The predicted octanol–water partition coefficient (Wildman–Crippen LogP) is 2.18. The van der Waals surface area contributed by atoms with E-state index in [2.05, 4.69) is 22.0 Å². The Balaban J connectivity index is 1.56. The lowest BCUT2D eigenvalue weighted by Gasteiger charge is -2.35. The molecule has 0 spiro atoms. The number of nitrogens with one attached hydrogen (secondary N) is 1. The van der Waals surface area contributed by atoms with Gasteiger partial charge in [0.15, 0.2) is 6.61 Å². The third-order valence-corrected chi connectivity index (χ3v) is 7.69. The number of esters is 1. The van der Waals surface area contributed by atoms with Crippen LogP contribution in [0.5, 0.6) is 0 Å². The second kappa shape index (κ2) is 11.0. The molecule has 0 aliphatic carbocycles. The fourth-order valence-electron chi connectivity index (χ4n) is 3.68. The summed E-state index contributed by atoms with van der Waals surface area (Å²) in [6.45, 7) is 8.41. The highest BCUT2D eigenvalue weighted by Gasteiger charge is 2.21. The van der Waals surface area contributed by atoms with Crippen molar-refractivity contribution in [3.05, 3.63) is 53.6 Å². The Morgan fingerprint density at radius 3 is 2.26 bits per heavy atom. The number of amides is 1. The molecule has 0 bridgehead atoms. The van der Waals surface area contributed by atoms with Gasteiger partial charge >= 0.3 is 5.97 Å². The van der Waals surface area contributed by atoms with Crippen molar-refractivity contribution in [2.24, 2.45) is 0 Å². The molecule has 9 nitrogen and oxygen atoms in total. The van der Waals surface area contributed by atoms with Gasteiger partial charge in [-0.15, -0.1) is 0 Å². The summed E-state index contributed by atoms with van der Waals surface area (Å²) in [5.74, 6) is -1.24. The molecule has 34 heavy (non-hydrogen) atoms. The Bertz CT molecular complexity index is 1120. The summed E-state index contributed by atoms with van der Waals surface area (Å²) >= 11 is 0. The molecule has 0 saturated carbocycles. The predicted molar refractivity (Wildman–Crippen MR) is 132 cm³/mol. The van der Waals surface area contributed by atoms with Gasteiger partial charge in [0.25, 0.3) is 5.91 Å². The minimum Gasteiger partial charge on any atom is -0.452 e. The number of sulfonamides is 1. The molecular formula is C24H32N4O5S. The van der Waals surface area contributed by atoms with Gasteiger partial charge in [-0.1, -0.05) is 13.0 Å². The van der Waals surface area contributed by atoms with E-state index in [1.54, 1.807) is 6.92 Å². The smallest absolute Gasteiger partial charge is 0.338 e. The van der Waals surface area contributed by atoms with Crippen LogP contribution < -0.4 is 10.2 Å². The first kappa shape index (κ1) is 25.7. The summed E-state index contributed by atoms with van der Waals surface area (Å²) in [6.07, 6.45) is 0. The summed E-state index contributed by atoms with van der Waals surface area (Å²) in [5, 5.41) is 2.71. The second-order valence-corrected chi connectivity index (χ2v) is 10.5. The fourth-order valence-corrected chi connectivity index (χ4v) is 4.60. The first-order chi connectivity index (χ1) is 16.1. The quantitative estimate of drug-likeness (QED) is 0.569. The molecule has 0 aromatic heterocycles. The Morgan fingerprint density at radius 1 is 1.03 bits per heavy atom. The molecule has 184 valence electrons. The van der Waals surface area contributed by atoms with Crippen molar-refractivity contribution in [3.63, 3.8) is 0 Å². The normalized spacial score (nSPS) is 14.8. The van der Waals surface area contributed by atoms with Gasteiger partial charge in [-0.2, -0.15) is 0 Å². The molecule has 0 atom stereocenters. The van der Waals surface area contributed by atoms with Gasteiger partial charge in [-0.05, 0) is 55.4 Å². The third kappa shape index (κ3) is 6.13. The van der Waals surface area contributed by atoms with Gasteiger partial charge in [0, 0.05) is 51.6 Å². The maximum atomic E-state index is 12.5. The first-order valence-corrected chi connectivity index (χ1v) is 12.6. The standard InChI is InChI=1S/C24H32N4O5S/c1-5-27-12-14-28(15-13-27)20-9-7-19(8-10-20)25-23(29)17-33-24(30)22-16-21(11-6-18(22)2)34(31,32)26(3)4/h6-11,16H,5,12-15,17H2,1-4H3,(H,25,29). The Labute approximate surface area is 201 Å². The van der Waals surface area contributed by atoms with Crippen molar-refractivity contribution in [2.75, 3.05) is 63.6 Å². The number of rotatable bonds is 8. The van der Waals surface area contributed by atoms with Crippen molar-refractivity contribution in [1.29, 1.82) is 0 Å². The van der Waals surface area contributed by atoms with Gasteiger partial charge in [0.2, 0.25) is 10.0 Å². The number of carbonyl (C=O) groups is 2. The van der Waals surface area contributed by atoms with E-state index in [4.69, 9.17) is 4.74 Å². The number of aryl methyl sites for hydroxylation is 1. The summed E-state index contributed by atoms with van der Waals surface area (Å²) < 4.78 is 30.9. The van der Waals surface area contributed by atoms with Crippen molar-refractivity contribution in [3.8, 4) is 0 Å². The minimum atomic E-state index is -3.70. The van der Waals surface area contributed by atoms with E-state index in [9.17, 15) is 18.0 Å². The van der Waals surface area contributed by atoms with Crippen molar-refractivity contribution >= 4 is 33.3 Å². The summed E-state index contributed by atoms with van der Waals surface area (Å²) in [6, 6.07) is 11.8. The number of nitrogens with zero attached hydrogens (tertiary/aromatic N) is 3. The number of piperazine rings is 1. The van der Waals surface area contributed by atoms with Gasteiger partial charge in [0.05, 0.1) is 10.5 Å². The molecular weight excluding hydrogens is 456 g/mol. The van der Waals surface area contributed by atoms with Crippen molar-refractivity contribution in [1.82, 2.24) is 9.21 Å². The van der Waals surface area contributed by atoms with Gasteiger partial charge in [0.1, 0.15) is 0 Å². The number of anilines is 2. The van der Waals surface area contributed by atoms with Crippen LogP contribution >= 0.6 is 0 Å². The van der Waals surface area contributed by atoms with Crippen molar-refractivity contribution in [2.45, 2.75) is 18.7 Å². The number of benzene rings is 2. The van der Waals surface area contributed by atoms with Crippen LogP contribution in [0.1, 0.15) is 22.8 Å². The average molecular weight is 489 g/mol. The molecule has 2 aromatic rings. The second-order valence-electron chi connectivity index (χ2n) is 8.36. The molecule has 1 aliphatic heterocycles. The van der Waals surface area contributed by atoms with E-state index >= 15 is 0 Å². The van der Waals surface area contributed by atoms with Gasteiger partial charge < -0.3 is 19.9 Å². The zero-order valence-corrected chi connectivity index (χ0v) is 20.9. The zero-order chi connectivity index (χ0) is 24.9. The molecule has 1 saturated heterocycles. The fraction of sp³-hybridized carbons (Fsp3) is 0.417. The third-order valence-electron chi connectivity index (χ3n) is 5.88. The van der Waals surface area contributed by atoms with Gasteiger partial charge in [-0.3, -0.25) is 4.79 Å². The SMILES string of the molecule is CCN1CCN(c2ccc(NC(=O)COC(=O)c3cc(S(=O)(=O)N(C)C)ccc3C)cc2)CC1. The summed E-state index contributed by atoms with van der Waals surface area (Å²) in [7, 11) is -0.871. The van der Waals surface area contributed by atoms with Crippen LogP contribution in [0.4, 0.5) is 11.4 Å². The van der Waals surface area contributed by atoms with Crippen LogP contribution in [0.3, 0.4) is 0 Å². The molecule has 2 aromatic carbocycles. The number of ether oxygens (including phenoxy) is 1. The van der Waals surface area contributed by atoms with E-state index in [0.29, 0.717) is 11.3 Å². The Kier molecular flexibility index (Phi) is 8.29. The maximum Gasteiger partial charge on any atom is 0.338 e. The lowest BCUT2D eigenvalue weighted by molar-refractivity contribution is -0.119. The number of carbonyl (C=O) groups excluding carboxylic acids is 2. The molecule has 3 rings (SSSR count). The topological polar surface area (TPSA) is 99.3 Å². The van der Waals surface area contributed by atoms with Gasteiger partial charge in [-0.25, -0.2) is 17.5 Å². The number of hydrogen-bond acceptors (Lipinski definition) is 7. The molecule has 1 N–H and O–H groups in total. The highest BCUT2D eigenvalue weighted by atomic mass is 32.2. The molecule has 10 heteroatoms. The minimum absolute atomic E-state index is 0.0179. The van der Waals surface area contributed by atoms with E-state index in [1.165, 1.54) is 32.3 Å². The summed E-state index contributed by atoms with van der Waals surface area (Å²) in [5.41, 5.74) is 2.36. The average Bonchev–Trinajstić information content (AvgIpc) is 2.83. The van der Waals surface area contributed by atoms with Crippen LogP contribution in [-0.4, -0.2) is 82.9 Å². The monoisotopic (exact) mass is 488 g/mol. The lowest BCUT2D eigenvalue weighted by Crippen LogP contribution is -2.46. The largest absolute Gasteiger partial charge is 0.452 e. The molecule has 1 heterocycles.